The van der Waals surface area contributed by atoms with Gasteiger partial charge in [-0.05, 0) is 12.1 Å². The van der Waals surface area contributed by atoms with E-state index in [1.54, 1.807) is 12.1 Å². The Balaban J connectivity index is 1.78. The Labute approximate surface area is 175 Å². The molecule has 0 aromatic carbocycles. The Bertz CT molecular complexity index is 926. The van der Waals surface area contributed by atoms with Crippen LogP contribution in [0.4, 0.5) is 0 Å². The lowest BCUT2D eigenvalue weighted by molar-refractivity contribution is -0.192. The van der Waals surface area contributed by atoms with Crippen molar-refractivity contribution in [1.29, 1.82) is 0 Å². The van der Waals surface area contributed by atoms with E-state index in [1.807, 2.05) is 0 Å². The van der Waals surface area contributed by atoms with Crippen molar-refractivity contribution in [3.63, 3.8) is 0 Å². The topological polar surface area (TPSA) is 161 Å². The van der Waals surface area contributed by atoms with Crippen LogP contribution in [0.5, 0.6) is 0 Å². The molecule has 2 aliphatic heterocycles. The zero-order chi connectivity index (χ0) is 22.1. The van der Waals surface area contributed by atoms with Crippen molar-refractivity contribution in [1.82, 2.24) is 10.2 Å². The number of hydrogen-bond donors (Lipinski definition) is 3. The molecule has 0 spiro atoms. The molecule has 0 radical (unpaired) electrons. The third-order valence-electron chi connectivity index (χ3n) is 4.66. The number of ether oxygens (including phenoxy) is 2. The van der Waals surface area contributed by atoms with E-state index >= 15 is 0 Å². The highest BCUT2D eigenvalue weighted by Gasteiger charge is 2.66. The van der Waals surface area contributed by atoms with Crippen molar-refractivity contribution in [3.05, 3.63) is 34.9 Å². The molecule has 3 heterocycles. The predicted molar refractivity (Wildman–Crippen MR) is 103 cm³/mol. The number of aliphatic carboxylic acids is 1. The summed E-state index contributed by atoms with van der Waals surface area (Å²) in [5.41, 5.74) is 3.78. The third kappa shape index (κ3) is 3.80. The number of β-lactam (4-membered cyclic amide) rings is 1. The number of thioether (sulfide) groups is 1. The first kappa shape index (κ1) is 21.9. The Morgan fingerprint density at radius 3 is 2.67 bits per heavy atom. The van der Waals surface area contributed by atoms with Gasteiger partial charge in [0.15, 0.2) is 0 Å². The fourth-order valence-corrected chi connectivity index (χ4v) is 4.70. The van der Waals surface area contributed by atoms with Gasteiger partial charge in [0.25, 0.3) is 11.6 Å². The number of furan rings is 1. The van der Waals surface area contributed by atoms with Gasteiger partial charge in [0.2, 0.25) is 5.91 Å². The molecule has 12 heteroatoms. The van der Waals surface area contributed by atoms with Gasteiger partial charge in [0.1, 0.15) is 29.2 Å². The van der Waals surface area contributed by atoms with Crippen LogP contribution in [-0.2, 0) is 41.6 Å². The van der Waals surface area contributed by atoms with Gasteiger partial charge in [-0.15, -0.1) is 11.8 Å². The lowest BCUT2D eigenvalue weighted by Gasteiger charge is -2.55. The fourth-order valence-electron chi connectivity index (χ4n) is 3.28. The molecule has 1 saturated heterocycles. The largest absolute Gasteiger partial charge is 0.477 e. The maximum atomic E-state index is 12.9. The van der Waals surface area contributed by atoms with Crippen LogP contribution in [0, 0.1) is 0 Å². The maximum absolute atomic E-state index is 12.9. The molecule has 1 aromatic heterocycles. The molecule has 11 nitrogen and oxygen atoms in total. The minimum Gasteiger partial charge on any atom is -0.477 e. The van der Waals surface area contributed by atoms with Crippen LogP contribution >= 0.6 is 11.8 Å². The number of nitrogens with zero attached hydrogens (tertiary/aromatic N) is 1. The molecular weight excluding hydrogens is 418 g/mol. The summed E-state index contributed by atoms with van der Waals surface area (Å²) < 4.78 is 15.6. The number of nitrogens with two attached hydrogens (primary N) is 1. The van der Waals surface area contributed by atoms with E-state index < -0.39 is 34.9 Å². The molecule has 2 aliphatic rings. The van der Waals surface area contributed by atoms with Crippen LogP contribution in [0.15, 0.2) is 27.8 Å². The standard InChI is InChI=1S/C18H21N3O8S/c1-9(22)28-7-10-8-30-17-18(27-2,16(26)21(17)14(10)15(24)25)20-13(23)5-11-3-4-12(6-19)29-11/h3-4,17H,5-8,19H2,1-2H3,(H,20,23)(H,24,25)/t17-,18-/m0/s1. The Morgan fingerprint density at radius 2 is 2.10 bits per heavy atom. The number of amides is 2. The summed E-state index contributed by atoms with van der Waals surface area (Å²) in [4.78, 5) is 49.3. The molecular formula is C18H21N3O8S. The number of nitrogens with one attached hydrogen (secondary N) is 1. The van der Waals surface area contributed by atoms with Gasteiger partial charge in [0, 0.05) is 25.4 Å². The highest BCUT2D eigenvalue weighted by atomic mass is 32.2. The van der Waals surface area contributed by atoms with Crippen LogP contribution in [-0.4, -0.2) is 64.3 Å². The average molecular weight is 439 g/mol. The Kier molecular flexibility index (Phi) is 6.19. The van der Waals surface area contributed by atoms with Crippen molar-refractivity contribution in [2.75, 3.05) is 19.5 Å². The summed E-state index contributed by atoms with van der Waals surface area (Å²) in [5.74, 6) is -2.09. The smallest absolute Gasteiger partial charge is 0.352 e. The van der Waals surface area contributed by atoms with Crippen molar-refractivity contribution >= 4 is 35.5 Å². The van der Waals surface area contributed by atoms with Gasteiger partial charge in [-0.1, -0.05) is 0 Å². The highest BCUT2D eigenvalue weighted by molar-refractivity contribution is 8.00. The molecule has 0 unspecified atom stereocenters. The van der Waals surface area contributed by atoms with Gasteiger partial charge < -0.3 is 30.0 Å². The molecule has 4 N–H and O–H groups in total. The average Bonchev–Trinajstić information content (AvgIpc) is 3.16. The number of carbonyl (C=O) groups excluding carboxylic acids is 3. The number of carboxylic acid groups (broad SMARTS) is 1. The van der Waals surface area contributed by atoms with E-state index in [2.05, 4.69) is 5.32 Å². The summed E-state index contributed by atoms with van der Waals surface area (Å²) in [5, 5.41) is 11.4. The SMILES string of the molecule is CO[C@@]1(NC(=O)Cc2ccc(CN)o2)C(=O)N2C(C(=O)O)=C(COC(C)=O)CS[C@H]21. The number of carboxylic acids is 1. The van der Waals surface area contributed by atoms with Crippen molar-refractivity contribution in [2.45, 2.75) is 31.0 Å². The summed E-state index contributed by atoms with van der Waals surface area (Å²) in [7, 11) is 1.26. The normalized spacial score (nSPS) is 23.0. The molecule has 30 heavy (non-hydrogen) atoms. The predicted octanol–water partition coefficient (Wildman–Crippen LogP) is -0.443. The van der Waals surface area contributed by atoms with E-state index in [0.717, 1.165) is 4.90 Å². The summed E-state index contributed by atoms with van der Waals surface area (Å²) >= 11 is 1.20. The van der Waals surface area contributed by atoms with E-state index in [4.69, 9.17) is 19.6 Å². The zero-order valence-electron chi connectivity index (χ0n) is 16.3. The maximum Gasteiger partial charge on any atom is 0.352 e. The molecule has 2 amide bonds. The number of rotatable bonds is 8. The van der Waals surface area contributed by atoms with E-state index in [-0.39, 0.29) is 36.6 Å². The monoisotopic (exact) mass is 439 g/mol. The third-order valence-corrected chi connectivity index (χ3v) is 6.04. The molecule has 1 aromatic rings. The van der Waals surface area contributed by atoms with E-state index in [9.17, 15) is 24.3 Å². The van der Waals surface area contributed by atoms with Crippen molar-refractivity contribution < 1.29 is 38.2 Å². The second-order valence-electron chi connectivity index (χ2n) is 6.61. The first-order valence-electron chi connectivity index (χ1n) is 8.91. The van der Waals surface area contributed by atoms with Gasteiger partial charge in [0.05, 0.1) is 13.0 Å². The van der Waals surface area contributed by atoms with Gasteiger partial charge in [-0.3, -0.25) is 19.3 Å². The summed E-state index contributed by atoms with van der Waals surface area (Å²) in [6.45, 7) is 1.15. The molecule has 3 rings (SSSR count). The van der Waals surface area contributed by atoms with E-state index in [1.165, 1.54) is 25.8 Å². The van der Waals surface area contributed by atoms with Crippen molar-refractivity contribution in [3.8, 4) is 0 Å². The molecule has 2 atom stereocenters. The van der Waals surface area contributed by atoms with Crippen LogP contribution in [0.1, 0.15) is 18.4 Å². The minimum atomic E-state index is -1.71. The van der Waals surface area contributed by atoms with Crippen LogP contribution in [0.2, 0.25) is 0 Å². The molecule has 0 saturated carbocycles. The van der Waals surface area contributed by atoms with Gasteiger partial charge in [-0.2, -0.15) is 0 Å². The number of hydrogen-bond acceptors (Lipinski definition) is 9. The lowest BCUT2D eigenvalue weighted by atomic mass is 9.98. The summed E-state index contributed by atoms with van der Waals surface area (Å²) in [6, 6.07) is 3.26. The van der Waals surface area contributed by atoms with Gasteiger partial charge >= 0.3 is 11.9 Å². The molecule has 1 fully saturated rings. The quantitative estimate of drug-likeness (QED) is 0.275. The number of esters is 1. The first-order chi connectivity index (χ1) is 14.2. The first-order valence-corrected chi connectivity index (χ1v) is 9.96. The van der Waals surface area contributed by atoms with Crippen LogP contribution in [0.3, 0.4) is 0 Å². The Morgan fingerprint density at radius 1 is 1.40 bits per heavy atom. The number of fused-ring (bicyclic) bond motifs is 1. The fraction of sp³-hybridized carbons (Fsp3) is 0.444. The molecule has 0 bridgehead atoms. The van der Waals surface area contributed by atoms with Crippen LogP contribution in [0.25, 0.3) is 0 Å². The minimum absolute atomic E-state index is 0.144. The van der Waals surface area contributed by atoms with Crippen molar-refractivity contribution in [2.24, 2.45) is 5.73 Å². The summed E-state index contributed by atoms with van der Waals surface area (Å²) in [6.07, 6.45) is -0.144. The van der Waals surface area contributed by atoms with E-state index in [0.29, 0.717) is 11.5 Å². The highest BCUT2D eigenvalue weighted by Crippen LogP contribution is 2.46. The number of methoxy groups -OCH3 is 1. The Hall–Kier alpha value is -2.83. The lowest BCUT2D eigenvalue weighted by Crippen LogP contribution is -2.80. The van der Waals surface area contributed by atoms with Crippen LogP contribution < -0.4 is 11.1 Å². The van der Waals surface area contributed by atoms with Gasteiger partial charge in [-0.25, -0.2) is 4.79 Å². The zero-order valence-corrected chi connectivity index (χ0v) is 17.1. The second kappa shape index (κ2) is 8.50. The second-order valence-corrected chi connectivity index (χ2v) is 7.68. The number of carbonyl (C=O) groups is 4. The molecule has 0 aliphatic carbocycles. The molecule has 162 valence electrons.